The molecular formula is C16H15BrF2N4OS. The molecule has 1 aromatic carbocycles. The molecule has 2 aromatic rings. The van der Waals surface area contributed by atoms with Crippen LogP contribution in [-0.4, -0.2) is 26.4 Å². The summed E-state index contributed by atoms with van der Waals surface area (Å²) < 4.78 is 29.2. The van der Waals surface area contributed by atoms with E-state index in [1.807, 2.05) is 0 Å². The Bertz CT molecular complexity index is 813. The molecule has 0 bridgehead atoms. The molecule has 0 saturated heterocycles. The Hall–Kier alpha value is -1.48. The molecule has 0 spiro atoms. The van der Waals surface area contributed by atoms with Crippen molar-refractivity contribution in [3.8, 4) is 0 Å². The van der Waals surface area contributed by atoms with Crippen LogP contribution in [0.15, 0.2) is 21.8 Å². The third-order valence-corrected chi connectivity index (χ3v) is 5.72. The van der Waals surface area contributed by atoms with E-state index in [-0.39, 0.29) is 21.8 Å². The predicted molar refractivity (Wildman–Crippen MR) is 93.7 cm³/mol. The van der Waals surface area contributed by atoms with Crippen molar-refractivity contribution in [3.05, 3.63) is 34.1 Å². The Morgan fingerprint density at radius 1 is 1.28 bits per heavy atom. The van der Waals surface area contributed by atoms with E-state index in [2.05, 4.69) is 36.0 Å². The summed E-state index contributed by atoms with van der Waals surface area (Å²) in [6.07, 6.45) is 4.53. The summed E-state index contributed by atoms with van der Waals surface area (Å²) in [5, 5.41) is 11.7. The molecule has 2 fully saturated rings. The minimum absolute atomic E-state index is 0.0608. The van der Waals surface area contributed by atoms with E-state index < -0.39 is 11.6 Å². The van der Waals surface area contributed by atoms with E-state index in [0.29, 0.717) is 12.0 Å². The van der Waals surface area contributed by atoms with Crippen LogP contribution in [0.4, 0.5) is 14.5 Å². The minimum Gasteiger partial charge on any atom is -0.322 e. The quantitative estimate of drug-likeness (QED) is 0.698. The predicted octanol–water partition coefficient (Wildman–Crippen LogP) is 4.26. The lowest BCUT2D eigenvalue weighted by atomic mass is 10.3. The van der Waals surface area contributed by atoms with Crippen molar-refractivity contribution >= 4 is 39.3 Å². The Labute approximate surface area is 155 Å². The third kappa shape index (κ3) is 3.72. The molecule has 2 aliphatic rings. The zero-order valence-electron chi connectivity index (χ0n) is 13.1. The van der Waals surface area contributed by atoms with E-state index >= 15 is 0 Å². The first-order chi connectivity index (χ1) is 12.0. The molecule has 2 saturated carbocycles. The normalized spacial score (nSPS) is 16.9. The van der Waals surface area contributed by atoms with Gasteiger partial charge in [-0.3, -0.25) is 4.79 Å². The fourth-order valence-corrected chi connectivity index (χ4v) is 3.97. The van der Waals surface area contributed by atoms with Crippen LogP contribution in [0.2, 0.25) is 0 Å². The van der Waals surface area contributed by atoms with Gasteiger partial charge in [-0.15, -0.1) is 10.2 Å². The van der Waals surface area contributed by atoms with Gasteiger partial charge < -0.3 is 9.88 Å². The van der Waals surface area contributed by atoms with Crippen LogP contribution in [0.3, 0.4) is 0 Å². The maximum Gasteiger partial charge on any atom is 0.234 e. The van der Waals surface area contributed by atoms with Crippen molar-refractivity contribution in [3.63, 3.8) is 0 Å². The Morgan fingerprint density at radius 2 is 2.04 bits per heavy atom. The fourth-order valence-electron chi connectivity index (χ4n) is 2.65. The van der Waals surface area contributed by atoms with E-state index in [9.17, 15) is 13.6 Å². The summed E-state index contributed by atoms with van der Waals surface area (Å²) in [4.78, 5) is 12.2. The van der Waals surface area contributed by atoms with Gasteiger partial charge >= 0.3 is 0 Å². The number of nitrogens with one attached hydrogen (secondary N) is 1. The lowest BCUT2D eigenvalue weighted by molar-refractivity contribution is -0.113. The highest BCUT2D eigenvalue weighted by atomic mass is 79.9. The topological polar surface area (TPSA) is 59.8 Å². The van der Waals surface area contributed by atoms with Crippen LogP contribution < -0.4 is 5.32 Å². The third-order valence-electron chi connectivity index (χ3n) is 4.15. The highest BCUT2D eigenvalue weighted by Gasteiger charge is 2.36. The molecule has 0 atom stereocenters. The summed E-state index contributed by atoms with van der Waals surface area (Å²) >= 11 is 4.35. The molecule has 0 aliphatic heterocycles. The smallest absolute Gasteiger partial charge is 0.234 e. The molecule has 9 heteroatoms. The molecule has 2 aliphatic carbocycles. The first-order valence-corrected chi connectivity index (χ1v) is 9.83. The summed E-state index contributed by atoms with van der Waals surface area (Å²) in [7, 11) is 0. The lowest BCUT2D eigenvalue weighted by Gasteiger charge is -2.10. The Morgan fingerprint density at radius 3 is 2.68 bits per heavy atom. The number of anilines is 1. The second kappa shape index (κ2) is 6.68. The van der Waals surface area contributed by atoms with Crippen molar-refractivity contribution < 1.29 is 13.6 Å². The molecule has 25 heavy (non-hydrogen) atoms. The van der Waals surface area contributed by atoms with E-state index in [1.165, 1.54) is 11.8 Å². The molecule has 4 rings (SSSR count). The molecule has 132 valence electrons. The molecule has 0 radical (unpaired) electrons. The number of halogens is 3. The number of aromatic nitrogens is 3. The average Bonchev–Trinajstić information content (AvgIpc) is 3.47. The van der Waals surface area contributed by atoms with Crippen molar-refractivity contribution in [2.75, 3.05) is 11.1 Å². The number of benzene rings is 1. The van der Waals surface area contributed by atoms with Crippen LogP contribution >= 0.6 is 27.7 Å². The van der Waals surface area contributed by atoms with Gasteiger partial charge in [0.15, 0.2) is 11.0 Å². The van der Waals surface area contributed by atoms with Crippen LogP contribution in [0.25, 0.3) is 0 Å². The second-order valence-corrected chi connectivity index (χ2v) is 8.09. The number of amides is 1. The largest absolute Gasteiger partial charge is 0.322 e. The van der Waals surface area contributed by atoms with Gasteiger partial charge in [-0.25, -0.2) is 8.78 Å². The molecule has 5 nitrogen and oxygen atoms in total. The maximum atomic E-state index is 13.8. The number of hydrogen-bond donors (Lipinski definition) is 1. The summed E-state index contributed by atoms with van der Waals surface area (Å²) in [6, 6.07) is 2.29. The van der Waals surface area contributed by atoms with Crippen LogP contribution in [0, 0.1) is 11.6 Å². The second-order valence-electron chi connectivity index (χ2n) is 6.30. The van der Waals surface area contributed by atoms with Gasteiger partial charge in [0.1, 0.15) is 11.6 Å². The highest BCUT2D eigenvalue weighted by Crippen LogP contribution is 2.46. The SMILES string of the molecule is O=C(CSc1nnc(C2CC2)n1C1CC1)Nc1c(F)cc(F)cc1Br. The van der Waals surface area contributed by atoms with Gasteiger partial charge in [0.25, 0.3) is 0 Å². The minimum atomic E-state index is -0.817. The number of nitrogens with zero attached hydrogens (tertiary/aromatic N) is 3. The number of carbonyl (C=O) groups is 1. The number of carbonyl (C=O) groups excluding carboxylic acids is 1. The van der Waals surface area contributed by atoms with Crippen molar-refractivity contribution in [1.29, 1.82) is 0 Å². The maximum absolute atomic E-state index is 13.8. The van der Waals surface area contributed by atoms with E-state index in [1.54, 1.807) is 0 Å². The average molecular weight is 429 g/mol. The molecule has 1 aromatic heterocycles. The van der Waals surface area contributed by atoms with Gasteiger partial charge in [-0.1, -0.05) is 11.8 Å². The van der Waals surface area contributed by atoms with Crippen LogP contribution in [0.1, 0.15) is 43.5 Å². The van der Waals surface area contributed by atoms with Gasteiger partial charge in [0, 0.05) is 22.5 Å². The Balaban J connectivity index is 1.43. The zero-order chi connectivity index (χ0) is 17.6. The Kier molecular flexibility index (Phi) is 4.53. The van der Waals surface area contributed by atoms with E-state index in [0.717, 1.165) is 48.8 Å². The van der Waals surface area contributed by atoms with Crippen molar-refractivity contribution in [2.45, 2.75) is 42.8 Å². The van der Waals surface area contributed by atoms with Gasteiger partial charge in [-0.2, -0.15) is 0 Å². The number of hydrogen-bond acceptors (Lipinski definition) is 4. The number of rotatable bonds is 6. The van der Waals surface area contributed by atoms with Crippen molar-refractivity contribution in [1.82, 2.24) is 14.8 Å². The van der Waals surface area contributed by atoms with Crippen LogP contribution in [-0.2, 0) is 4.79 Å². The first-order valence-electron chi connectivity index (χ1n) is 8.05. The van der Waals surface area contributed by atoms with E-state index in [4.69, 9.17) is 0 Å². The zero-order valence-corrected chi connectivity index (χ0v) is 15.5. The molecule has 1 N–H and O–H groups in total. The standard InChI is InChI=1S/C16H15BrF2N4OS/c17-11-5-9(18)6-12(19)14(11)20-13(24)7-25-16-22-21-15(8-1-2-8)23(16)10-3-4-10/h5-6,8,10H,1-4,7H2,(H,20,24). The van der Waals surface area contributed by atoms with Crippen LogP contribution in [0.5, 0.6) is 0 Å². The highest BCUT2D eigenvalue weighted by molar-refractivity contribution is 9.10. The fraction of sp³-hybridized carbons (Fsp3) is 0.438. The first kappa shape index (κ1) is 17.0. The molecule has 1 heterocycles. The monoisotopic (exact) mass is 428 g/mol. The van der Waals surface area contributed by atoms with Gasteiger partial charge in [-0.05, 0) is 47.7 Å². The molecular weight excluding hydrogens is 414 g/mol. The van der Waals surface area contributed by atoms with Gasteiger partial charge in [0.2, 0.25) is 5.91 Å². The van der Waals surface area contributed by atoms with Gasteiger partial charge in [0.05, 0.1) is 11.4 Å². The molecule has 1 amide bonds. The molecule has 0 unspecified atom stereocenters. The summed E-state index contributed by atoms with van der Waals surface area (Å²) in [5.74, 6) is -0.296. The summed E-state index contributed by atoms with van der Waals surface area (Å²) in [6.45, 7) is 0. The number of thioether (sulfide) groups is 1. The lowest BCUT2D eigenvalue weighted by Crippen LogP contribution is -2.16. The summed E-state index contributed by atoms with van der Waals surface area (Å²) in [5.41, 5.74) is -0.0608. The van der Waals surface area contributed by atoms with Crippen molar-refractivity contribution in [2.24, 2.45) is 0 Å².